The zero-order chi connectivity index (χ0) is 15.0. The SMILES string of the molecule is CCCNc1c(F)cc(C(=O)NCCOCC)cc1F. The van der Waals surface area contributed by atoms with Crippen LogP contribution in [-0.2, 0) is 4.74 Å². The maximum atomic E-state index is 13.7. The topological polar surface area (TPSA) is 50.4 Å². The highest BCUT2D eigenvalue weighted by Crippen LogP contribution is 2.20. The Labute approximate surface area is 117 Å². The highest BCUT2D eigenvalue weighted by atomic mass is 19.1. The van der Waals surface area contributed by atoms with Crippen molar-refractivity contribution in [2.75, 3.05) is 31.6 Å². The number of nitrogens with one attached hydrogen (secondary N) is 2. The van der Waals surface area contributed by atoms with Gasteiger partial charge in [-0.2, -0.15) is 0 Å². The van der Waals surface area contributed by atoms with E-state index in [1.54, 1.807) is 0 Å². The minimum atomic E-state index is -0.770. The van der Waals surface area contributed by atoms with E-state index < -0.39 is 17.5 Å². The Bertz CT molecular complexity index is 430. The molecule has 0 fully saturated rings. The maximum absolute atomic E-state index is 13.7. The van der Waals surface area contributed by atoms with Crippen LogP contribution in [0.5, 0.6) is 0 Å². The Kier molecular flexibility index (Phi) is 6.93. The molecule has 0 atom stereocenters. The first-order chi connectivity index (χ1) is 9.60. The van der Waals surface area contributed by atoms with Gasteiger partial charge in [-0.15, -0.1) is 0 Å². The lowest BCUT2D eigenvalue weighted by Gasteiger charge is -2.10. The molecule has 112 valence electrons. The molecule has 0 aliphatic rings. The van der Waals surface area contributed by atoms with Crippen LogP contribution in [0, 0.1) is 11.6 Å². The smallest absolute Gasteiger partial charge is 0.251 e. The molecule has 0 saturated heterocycles. The molecule has 0 bridgehead atoms. The summed E-state index contributed by atoms with van der Waals surface area (Å²) < 4.78 is 32.5. The van der Waals surface area contributed by atoms with Crippen molar-refractivity contribution in [2.24, 2.45) is 0 Å². The van der Waals surface area contributed by atoms with Gasteiger partial charge in [-0.3, -0.25) is 4.79 Å². The average Bonchev–Trinajstić information content (AvgIpc) is 2.42. The number of benzene rings is 1. The minimum absolute atomic E-state index is 0.0430. The molecule has 1 rings (SSSR count). The number of rotatable bonds is 8. The van der Waals surface area contributed by atoms with Crippen LogP contribution in [0.1, 0.15) is 30.6 Å². The average molecular weight is 286 g/mol. The van der Waals surface area contributed by atoms with E-state index in [9.17, 15) is 13.6 Å². The van der Waals surface area contributed by atoms with E-state index in [1.165, 1.54) is 0 Å². The molecule has 2 N–H and O–H groups in total. The molecule has 1 amide bonds. The molecular weight excluding hydrogens is 266 g/mol. The summed E-state index contributed by atoms with van der Waals surface area (Å²) in [5.74, 6) is -2.06. The highest BCUT2D eigenvalue weighted by Gasteiger charge is 2.14. The fourth-order valence-electron chi connectivity index (χ4n) is 1.61. The van der Waals surface area contributed by atoms with Gasteiger partial charge < -0.3 is 15.4 Å². The molecule has 1 aromatic carbocycles. The fourth-order valence-corrected chi connectivity index (χ4v) is 1.61. The van der Waals surface area contributed by atoms with Crippen LogP contribution in [0.25, 0.3) is 0 Å². The standard InChI is InChI=1S/C14H20F2N2O2/c1-3-5-17-13-11(15)8-10(9-12(13)16)14(19)18-6-7-20-4-2/h8-9,17H,3-7H2,1-2H3,(H,18,19). The lowest BCUT2D eigenvalue weighted by atomic mass is 10.1. The van der Waals surface area contributed by atoms with Gasteiger partial charge in [0.2, 0.25) is 0 Å². The molecule has 6 heteroatoms. The summed E-state index contributed by atoms with van der Waals surface area (Å²) in [4.78, 5) is 11.7. The maximum Gasteiger partial charge on any atom is 0.251 e. The Morgan fingerprint density at radius 2 is 1.85 bits per heavy atom. The van der Waals surface area contributed by atoms with Gasteiger partial charge in [0, 0.05) is 25.3 Å². The number of hydrogen-bond acceptors (Lipinski definition) is 3. The molecule has 20 heavy (non-hydrogen) atoms. The van der Waals surface area contributed by atoms with Crippen molar-refractivity contribution in [2.45, 2.75) is 20.3 Å². The van der Waals surface area contributed by atoms with Crippen molar-refractivity contribution in [1.82, 2.24) is 5.32 Å². The second-order valence-electron chi connectivity index (χ2n) is 4.19. The van der Waals surface area contributed by atoms with E-state index in [1.807, 2.05) is 13.8 Å². The van der Waals surface area contributed by atoms with Crippen molar-refractivity contribution in [3.63, 3.8) is 0 Å². The number of carbonyl (C=O) groups is 1. The Morgan fingerprint density at radius 3 is 2.40 bits per heavy atom. The third kappa shape index (κ3) is 4.77. The second kappa shape index (κ2) is 8.47. The van der Waals surface area contributed by atoms with E-state index in [0.717, 1.165) is 18.6 Å². The summed E-state index contributed by atoms with van der Waals surface area (Å²) >= 11 is 0. The third-order valence-corrected chi connectivity index (χ3v) is 2.59. The van der Waals surface area contributed by atoms with Crippen molar-refractivity contribution in [3.8, 4) is 0 Å². The van der Waals surface area contributed by atoms with E-state index in [0.29, 0.717) is 26.3 Å². The quantitative estimate of drug-likeness (QED) is 0.722. The molecule has 0 radical (unpaired) electrons. The Balaban J connectivity index is 2.69. The van der Waals surface area contributed by atoms with Crippen LogP contribution >= 0.6 is 0 Å². The molecule has 1 aromatic rings. The monoisotopic (exact) mass is 286 g/mol. The molecule has 4 nitrogen and oxygen atoms in total. The second-order valence-corrected chi connectivity index (χ2v) is 4.19. The summed E-state index contributed by atoms with van der Waals surface area (Å²) in [6.07, 6.45) is 0.749. The molecule has 0 saturated carbocycles. The largest absolute Gasteiger partial charge is 0.380 e. The van der Waals surface area contributed by atoms with Crippen LogP contribution in [0.15, 0.2) is 12.1 Å². The van der Waals surface area contributed by atoms with Gasteiger partial charge in [-0.05, 0) is 25.5 Å². The number of halogens is 2. The molecule has 0 aliphatic heterocycles. The van der Waals surface area contributed by atoms with Gasteiger partial charge in [0.1, 0.15) is 17.3 Å². The van der Waals surface area contributed by atoms with Gasteiger partial charge in [-0.1, -0.05) is 6.92 Å². The number of ether oxygens (including phenoxy) is 1. The normalized spacial score (nSPS) is 10.4. The van der Waals surface area contributed by atoms with Crippen molar-refractivity contribution >= 4 is 11.6 Å². The van der Waals surface area contributed by atoms with Crippen LogP contribution in [0.2, 0.25) is 0 Å². The van der Waals surface area contributed by atoms with Gasteiger partial charge >= 0.3 is 0 Å². The summed E-state index contributed by atoms with van der Waals surface area (Å²) in [5.41, 5.74) is -0.240. The summed E-state index contributed by atoms with van der Waals surface area (Å²) in [7, 11) is 0. The zero-order valence-corrected chi connectivity index (χ0v) is 11.8. The molecule has 0 aromatic heterocycles. The summed E-state index contributed by atoms with van der Waals surface area (Å²) in [6.45, 7) is 5.41. The number of amides is 1. The predicted octanol–water partition coefficient (Wildman–Crippen LogP) is 2.55. The zero-order valence-electron chi connectivity index (χ0n) is 11.8. The van der Waals surface area contributed by atoms with Gasteiger partial charge in [0.05, 0.1) is 6.61 Å². The van der Waals surface area contributed by atoms with Crippen LogP contribution in [-0.4, -0.2) is 32.2 Å². The van der Waals surface area contributed by atoms with E-state index >= 15 is 0 Å². The third-order valence-electron chi connectivity index (χ3n) is 2.59. The lowest BCUT2D eigenvalue weighted by molar-refractivity contribution is 0.0921. The fraction of sp³-hybridized carbons (Fsp3) is 0.500. The summed E-state index contributed by atoms with van der Waals surface area (Å²) in [5, 5.41) is 5.19. The van der Waals surface area contributed by atoms with E-state index in [2.05, 4.69) is 10.6 Å². The predicted molar refractivity (Wildman–Crippen MR) is 74.0 cm³/mol. The van der Waals surface area contributed by atoms with Crippen LogP contribution in [0.4, 0.5) is 14.5 Å². The number of carbonyl (C=O) groups excluding carboxylic acids is 1. The van der Waals surface area contributed by atoms with E-state index in [-0.39, 0.29) is 11.3 Å². The Hall–Kier alpha value is -1.69. The van der Waals surface area contributed by atoms with Crippen LogP contribution in [0.3, 0.4) is 0 Å². The first-order valence-corrected chi connectivity index (χ1v) is 6.69. The molecule has 0 spiro atoms. The van der Waals surface area contributed by atoms with Crippen molar-refractivity contribution in [1.29, 1.82) is 0 Å². The van der Waals surface area contributed by atoms with Gasteiger partial charge in [-0.25, -0.2) is 8.78 Å². The first-order valence-electron chi connectivity index (χ1n) is 6.69. The molecule has 0 heterocycles. The number of anilines is 1. The first kappa shape index (κ1) is 16.4. The lowest BCUT2D eigenvalue weighted by Crippen LogP contribution is -2.27. The van der Waals surface area contributed by atoms with Crippen LogP contribution < -0.4 is 10.6 Å². The highest BCUT2D eigenvalue weighted by molar-refractivity contribution is 5.94. The molecule has 0 unspecified atom stereocenters. The number of hydrogen-bond donors (Lipinski definition) is 2. The molecular formula is C14H20F2N2O2. The van der Waals surface area contributed by atoms with Gasteiger partial charge in [0.15, 0.2) is 0 Å². The van der Waals surface area contributed by atoms with Gasteiger partial charge in [0.25, 0.3) is 5.91 Å². The minimum Gasteiger partial charge on any atom is -0.380 e. The Morgan fingerprint density at radius 1 is 1.20 bits per heavy atom. The van der Waals surface area contributed by atoms with Crippen molar-refractivity contribution in [3.05, 3.63) is 29.3 Å². The molecule has 0 aliphatic carbocycles. The summed E-state index contributed by atoms with van der Waals surface area (Å²) in [6, 6.07) is 2.05. The van der Waals surface area contributed by atoms with E-state index in [4.69, 9.17) is 4.74 Å². The van der Waals surface area contributed by atoms with Crippen molar-refractivity contribution < 1.29 is 18.3 Å².